The highest BCUT2D eigenvalue weighted by Crippen LogP contribution is 2.58. The Bertz CT molecular complexity index is 1110. The van der Waals surface area contributed by atoms with Gasteiger partial charge in [0.25, 0.3) is 0 Å². The maximum Gasteiger partial charge on any atom is 0.237 e. The molecular formula is C22H21N3O2. The summed E-state index contributed by atoms with van der Waals surface area (Å²) in [5.41, 5.74) is 4.36. The maximum atomic E-state index is 12.8. The van der Waals surface area contributed by atoms with E-state index in [0.717, 1.165) is 51.7 Å². The van der Waals surface area contributed by atoms with Gasteiger partial charge >= 0.3 is 0 Å². The molecule has 1 N–H and O–H groups in total. The number of rotatable bonds is 2. The van der Waals surface area contributed by atoms with Crippen LogP contribution >= 0.6 is 0 Å². The van der Waals surface area contributed by atoms with Crippen molar-refractivity contribution in [1.82, 2.24) is 9.97 Å². The SMILES string of the molecule is CN1C(=O)C2(CC2)c2c1cnc1ccc(-c3cncc(C(C)(C)O)c3)cc21. The molecule has 5 rings (SSSR count). The van der Waals surface area contributed by atoms with Gasteiger partial charge in [0.1, 0.15) is 0 Å². The topological polar surface area (TPSA) is 66.3 Å². The zero-order chi connectivity index (χ0) is 19.0. The number of nitrogens with zero attached hydrogens (tertiary/aromatic N) is 3. The lowest BCUT2D eigenvalue weighted by molar-refractivity contribution is -0.119. The highest BCUT2D eigenvalue weighted by molar-refractivity contribution is 6.14. The van der Waals surface area contributed by atoms with Gasteiger partial charge in [-0.3, -0.25) is 14.8 Å². The van der Waals surface area contributed by atoms with Gasteiger partial charge in [0.05, 0.1) is 28.4 Å². The number of amides is 1. The molecule has 0 bridgehead atoms. The number of hydrogen-bond donors (Lipinski definition) is 1. The Balaban J connectivity index is 1.72. The van der Waals surface area contributed by atoms with Crippen molar-refractivity contribution < 1.29 is 9.90 Å². The third-order valence-electron chi connectivity index (χ3n) is 5.93. The Morgan fingerprint density at radius 2 is 1.89 bits per heavy atom. The summed E-state index contributed by atoms with van der Waals surface area (Å²) in [6.45, 7) is 3.51. The molecule has 0 atom stereocenters. The summed E-state index contributed by atoms with van der Waals surface area (Å²) < 4.78 is 0. The number of aromatic nitrogens is 2. The molecule has 0 saturated heterocycles. The van der Waals surface area contributed by atoms with Gasteiger partial charge in [0, 0.05) is 41.5 Å². The molecule has 0 radical (unpaired) electrons. The second-order valence-corrected chi connectivity index (χ2v) is 8.22. The van der Waals surface area contributed by atoms with Crippen molar-refractivity contribution >= 4 is 22.5 Å². The second-order valence-electron chi connectivity index (χ2n) is 8.22. The average molecular weight is 359 g/mol. The quantitative estimate of drug-likeness (QED) is 0.760. The van der Waals surface area contributed by atoms with E-state index in [2.05, 4.69) is 16.0 Å². The monoisotopic (exact) mass is 359 g/mol. The van der Waals surface area contributed by atoms with Crippen LogP contribution in [-0.4, -0.2) is 28.0 Å². The third-order valence-corrected chi connectivity index (χ3v) is 5.93. The number of benzene rings is 1. The van der Waals surface area contributed by atoms with Gasteiger partial charge in [-0.25, -0.2) is 0 Å². The molecule has 136 valence electrons. The molecule has 1 aliphatic heterocycles. The zero-order valence-electron chi connectivity index (χ0n) is 15.7. The first kappa shape index (κ1) is 16.4. The van der Waals surface area contributed by atoms with Crippen molar-refractivity contribution in [2.24, 2.45) is 0 Å². The van der Waals surface area contributed by atoms with E-state index in [9.17, 15) is 9.90 Å². The lowest BCUT2D eigenvalue weighted by Gasteiger charge is -2.18. The Kier molecular flexibility index (Phi) is 3.12. The van der Waals surface area contributed by atoms with Crippen molar-refractivity contribution in [2.75, 3.05) is 11.9 Å². The molecule has 3 heterocycles. The largest absolute Gasteiger partial charge is 0.386 e. The lowest BCUT2D eigenvalue weighted by Crippen LogP contribution is -2.28. The van der Waals surface area contributed by atoms with E-state index >= 15 is 0 Å². The van der Waals surface area contributed by atoms with E-state index in [0.29, 0.717) is 0 Å². The first-order chi connectivity index (χ1) is 12.8. The molecule has 5 nitrogen and oxygen atoms in total. The number of hydrogen-bond acceptors (Lipinski definition) is 4. The molecule has 3 aromatic rings. The fraction of sp³-hybridized carbons (Fsp3) is 0.318. The fourth-order valence-electron chi connectivity index (χ4n) is 4.18. The summed E-state index contributed by atoms with van der Waals surface area (Å²) in [5.74, 6) is 0.183. The molecule has 1 saturated carbocycles. The molecular weight excluding hydrogens is 338 g/mol. The summed E-state index contributed by atoms with van der Waals surface area (Å²) in [7, 11) is 1.84. The number of anilines is 1. The standard InChI is InChI=1S/C22H21N3O2/c1-21(2,27)15-8-14(10-23-11-15)13-4-5-17-16(9-13)19-18(12-24-17)25(3)20(26)22(19)6-7-22/h4-5,8-12,27H,6-7H2,1-3H3. The van der Waals surface area contributed by atoms with Crippen LogP contribution in [0.1, 0.15) is 37.8 Å². The van der Waals surface area contributed by atoms with E-state index < -0.39 is 5.60 Å². The minimum Gasteiger partial charge on any atom is -0.386 e. The van der Waals surface area contributed by atoms with Gasteiger partial charge in [-0.05, 0) is 50.5 Å². The number of carbonyl (C=O) groups excluding carboxylic acids is 1. The van der Waals surface area contributed by atoms with Crippen LogP contribution in [0, 0.1) is 0 Å². The number of pyridine rings is 2. The van der Waals surface area contributed by atoms with Gasteiger partial charge in [-0.1, -0.05) is 6.07 Å². The average Bonchev–Trinajstić information content (AvgIpc) is 3.43. The van der Waals surface area contributed by atoms with E-state index in [1.807, 2.05) is 31.4 Å². The smallest absolute Gasteiger partial charge is 0.237 e. The van der Waals surface area contributed by atoms with Gasteiger partial charge < -0.3 is 10.0 Å². The number of aliphatic hydroxyl groups is 1. The summed E-state index contributed by atoms with van der Waals surface area (Å²) in [4.78, 5) is 23.4. The minimum absolute atomic E-state index is 0.183. The van der Waals surface area contributed by atoms with E-state index in [4.69, 9.17) is 0 Å². The second kappa shape index (κ2) is 5.14. The molecule has 1 aromatic carbocycles. The van der Waals surface area contributed by atoms with Crippen molar-refractivity contribution in [3.8, 4) is 11.1 Å². The van der Waals surface area contributed by atoms with E-state index in [1.54, 1.807) is 31.1 Å². The predicted molar refractivity (Wildman–Crippen MR) is 105 cm³/mol. The normalized spacial score (nSPS) is 17.6. The van der Waals surface area contributed by atoms with Crippen LogP contribution in [0.15, 0.2) is 42.9 Å². The van der Waals surface area contributed by atoms with Crippen LogP contribution in [0.4, 0.5) is 5.69 Å². The van der Waals surface area contributed by atoms with Crippen LogP contribution in [0.2, 0.25) is 0 Å². The predicted octanol–water partition coefficient (Wildman–Crippen LogP) is 3.53. The summed E-state index contributed by atoms with van der Waals surface area (Å²) in [6, 6.07) is 8.10. The number of carbonyl (C=O) groups is 1. The summed E-state index contributed by atoms with van der Waals surface area (Å²) >= 11 is 0. The molecule has 2 aromatic heterocycles. The first-order valence-corrected chi connectivity index (χ1v) is 9.21. The maximum absolute atomic E-state index is 12.8. The van der Waals surface area contributed by atoms with Crippen LogP contribution in [-0.2, 0) is 15.8 Å². The van der Waals surface area contributed by atoms with Gasteiger partial charge in [-0.15, -0.1) is 0 Å². The van der Waals surface area contributed by atoms with Crippen LogP contribution in [0.3, 0.4) is 0 Å². The zero-order valence-corrected chi connectivity index (χ0v) is 15.7. The van der Waals surface area contributed by atoms with E-state index in [-0.39, 0.29) is 11.3 Å². The molecule has 1 spiro atoms. The molecule has 2 aliphatic rings. The minimum atomic E-state index is -0.949. The molecule has 27 heavy (non-hydrogen) atoms. The van der Waals surface area contributed by atoms with E-state index in [1.165, 1.54) is 0 Å². The molecule has 5 heteroatoms. The molecule has 1 aliphatic carbocycles. The number of fused-ring (bicyclic) bond motifs is 4. The first-order valence-electron chi connectivity index (χ1n) is 9.21. The Morgan fingerprint density at radius 1 is 1.11 bits per heavy atom. The van der Waals surface area contributed by atoms with Gasteiger partial charge in [0.15, 0.2) is 0 Å². The van der Waals surface area contributed by atoms with Crippen molar-refractivity contribution in [2.45, 2.75) is 37.7 Å². The highest BCUT2D eigenvalue weighted by Gasteiger charge is 2.59. The summed E-state index contributed by atoms with van der Waals surface area (Å²) in [5, 5.41) is 11.3. The third kappa shape index (κ3) is 2.24. The van der Waals surface area contributed by atoms with Crippen LogP contribution in [0.25, 0.3) is 22.0 Å². The van der Waals surface area contributed by atoms with Crippen LogP contribution in [0.5, 0.6) is 0 Å². The molecule has 0 unspecified atom stereocenters. The highest BCUT2D eigenvalue weighted by atomic mass is 16.3. The Labute approximate surface area is 157 Å². The van der Waals surface area contributed by atoms with Crippen molar-refractivity contribution in [1.29, 1.82) is 0 Å². The molecule has 1 amide bonds. The lowest BCUT2D eigenvalue weighted by atomic mass is 9.92. The van der Waals surface area contributed by atoms with Gasteiger partial charge in [-0.2, -0.15) is 0 Å². The number of likely N-dealkylation sites (N-methyl/N-ethyl adjacent to an activating group) is 1. The van der Waals surface area contributed by atoms with Crippen molar-refractivity contribution in [3.63, 3.8) is 0 Å². The fourth-order valence-corrected chi connectivity index (χ4v) is 4.18. The Morgan fingerprint density at radius 3 is 2.59 bits per heavy atom. The van der Waals surface area contributed by atoms with Crippen LogP contribution < -0.4 is 4.90 Å². The Hall–Kier alpha value is -2.79. The van der Waals surface area contributed by atoms with Gasteiger partial charge in [0.2, 0.25) is 5.91 Å². The summed E-state index contributed by atoms with van der Waals surface area (Å²) in [6.07, 6.45) is 7.12. The molecule has 1 fully saturated rings. The van der Waals surface area contributed by atoms with Crippen molar-refractivity contribution in [3.05, 3.63) is 54.0 Å².